The van der Waals surface area contributed by atoms with Crippen LogP contribution < -0.4 is 15.5 Å². The van der Waals surface area contributed by atoms with E-state index in [1.807, 2.05) is 26.8 Å². The molecule has 3 heterocycles. The minimum absolute atomic E-state index is 0.187. The lowest BCUT2D eigenvalue weighted by atomic mass is 10.1. The number of nitrogens with zero attached hydrogens (tertiary/aromatic N) is 4. The highest BCUT2D eigenvalue weighted by Gasteiger charge is 2.32. The van der Waals surface area contributed by atoms with Gasteiger partial charge in [0.25, 0.3) is 11.8 Å². The van der Waals surface area contributed by atoms with Gasteiger partial charge in [0.1, 0.15) is 17.5 Å². The average molecular weight is 619 g/mol. The summed E-state index contributed by atoms with van der Waals surface area (Å²) in [6, 6.07) is 14.6. The molecule has 4 amide bonds. The first-order valence-corrected chi connectivity index (χ1v) is 14.8. The quantitative estimate of drug-likeness (QED) is 0.411. The summed E-state index contributed by atoms with van der Waals surface area (Å²) in [5.74, 6) is -0.517. The Morgan fingerprint density at radius 2 is 1.73 bits per heavy atom. The molecular formula is C32H35ClN6O5. The van der Waals surface area contributed by atoms with Crippen molar-refractivity contribution in [1.82, 2.24) is 14.8 Å². The summed E-state index contributed by atoms with van der Waals surface area (Å²) in [4.78, 5) is 61.0. The Morgan fingerprint density at radius 1 is 1.02 bits per heavy atom. The van der Waals surface area contributed by atoms with Crippen LogP contribution in [0, 0.1) is 0 Å². The number of benzene rings is 2. The van der Waals surface area contributed by atoms with Gasteiger partial charge in [-0.15, -0.1) is 0 Å². The van der Waals surface area contributed by atoms with Crippen molar-refractivity contribution in [2.45, 2.75) is 45.9 Å². The van der Waals surface area contributed by atoms with E-state index in [4.69, 9.17) is 16.3 Å². The largest absolute Gasteiger partial charge is 0.444 e. The third kappa shape index (κ3) is 7.11. The second-order valence-electron chi connectivity index (χ2n) is 11.8. The smallest absolute Gasteiger partial charge is 0.410 e. The molecule has 11 nitrogen and oxygen atoms in total. The number of fused-ring (bicyclic) bond motifs is 1. The van der Waals surface area contributed by atoms with Gasteiger partial charge in [0.05, 0.1) is 23.1 Å². The molecule has 0 bridgehead atoms. The van der Waals surface area contributed by atoms with E-state index in [0.717, 1.165) is 11.3 Å². The fourth-order valence-corrected chi connectivity index (χ4v) is 5.16. The number of piperazine rings is 1. The molecule has 1 aromatic heterocycles. The van der Waals surface area contributed by atoms with Gasteiger partial charge >= 0.3 is 6.09 Å². The van der Waals surface area contributed by atoms with Gasteiger partial charge in [-0.3, -0.25) is 14.4 Å². The fraction of sp³-hybridized carbons (Fsp3) is 0.344. The Hall–Kier alpha value is -4.64. The maximum absolute atomic E-state index is 13.3. The van der Waals surface area contributed by atoms with E-state index in [0.29, 0.717) is 53.8 Å². The molecule has 1 atom stereocenters. The highest BCUT2D eigenvalue weighted by molar-refractivity contribution is 6.31. The maximum Gasteiger partial charge on any atom is 0.410 e. The Bertz CT molecular complexity index is 1560. The van der Waals surface area contributed by atoms with Gasteiger partial charge in [0, 0.05) is 43.3 Å². The number of ether oxygens (including phenoxy) is 1. The van der Waals surface area contributed by atoms with E-state index in [1.54, 1.807) is 66.6 Å². The molecule has 2 aromatic carbocycles. The molecule has 0 aliphatic carbocycles. The highest BCUT2D eigenvalue weighted by Crippen LogP contribution is 2.28. The summed E-state index contributed by atoms with van der Waals surface area (Å²) in [5, 5.41) is 6.01. The van der Waals surface area contributed by atoms with E-state index >= 15 is 0 Å². The van der Waals surface area contributed by atoms with Crippen molar-refractivity contribution in [2.24, 2.45) is 0 Å². The average Bonchev–Trinajstić information content (AvgIpc) is 3.07. The van der Waals surface area contributed by atoms with Gasteiger partial charge in [0.2, 0.25) is 5.91 Å². The Labute approximate surface area is 261 Å². The topological polar surface area (TPSA) is 124 Å². The van der Waals surface area contributed by atoms with Crippen molar-refractivity contribution < 1.29 is 23.9 Å². The van der Waals surface area contributed by atoms with Gasteiger partial charge in [-0.1, -0.05) is 23.7 Å². The third-order valence-corrected chi connectivity index (χ3v) is 7.67. The summed E-state index contributed by atoms with van der Waals surface area (Å²) >= 11 is 6.06. The first-order valence-electron chi connectivity index (χ1n) is 14.4. The summed E-state index contributed by atoms with van der Waals surface area (Å²) in [6.45, 7) is 9.79. The number of rotatable bonds is 5. The van der Waals surface area contributed by atoms with E-state index < -0.39 is 11.6 Å². The molecule has 2 N–H and O–H groups in total. The number of carbonyl (C=O) groups is 4. The molecule has 1 saturated heterocycles. The molecule has 1 fully saturated rings. The van der Waals surface area contributed by atoms with E-state index in [1.165, 1.54) is 4.90 Å². The van der Waals surface area contributed by atoms with Crippen LogP contribution >= 0.6 is 11.6 Å². The summed E-state index contributed by atoms with van der Waals surface area (Å²) < 4.78 is 5.46. The van der Waals surface area contributed by atoms with Crippen LogP contribution in [0.4, 0.5) is 22.0 Å². The van der Waals surface area contributed by atoms with Crippen molar-refractivity contribution in [3.8, 4) is 0 Å². The Kier molecular flexibility index (Phi) is 8.78. The van der Waals surface area contributed by atoms with Crippen molar-refractivity contribution in [3.05, 3.63) is 82.5 Å². The summed E-state index contributed by atoms with van der Waals surface area (Å²) in [7, 11) is 0. The fourth-order valence-electron chi connectivity index (χ4n) is 4.99. The molecule has 44 heavy (non-hydrogen) atoms. The van der Waals surface area contributed by atoms with Gasteiger partial charge in [-0.2, -0.15) is 0 Å². The lowest BCUT2D eigenvalue weighted by Gasteiger charge is -2.36. The van der Waals surface area contributed by atoms with E-state index in [2.05, 4.69) is 20.5 Å². The number of pyridine rings is 1. The number of carbonyl (C=O) groups excluding carboxylic acids is 4. The molecule has 230 valence electrons. The predicted molar refractivity (Wildman–Crippen MR) is 168 cm³/mol. The number of anilines is 3. The lowest BCUT2D eigenvalue weighted by molar-refractivity contribution is -0.120. The second kappa shape index (κ2) is 12.5. The monoisotopic (exact) mass is 618 g/mol. The first kappa shape index (κ1) is 30.8. The first-order chi connectivity index (χ1) is 20.9. The van der Waals surface area contributed by atoms with E-state index in [9.17, 15) is 19.2 Å². The van der Waals surface area contributed by atoms with Crippen LogP contribution in [0.1, 0.15) is 54.0 Å². The van der Waals surface area contributed by atoms with Crippen LogP contribution in [0.3, 0.4) is 0 Å². The van der Waals surface area contributed by atoms with Crippen LogP contribution in [0.15, 0.2) is 60.8 Å². The molecule has 0 unspecified atom stereocenters. The zero-order chi connectivity index (χ0) is 31.6. The molecule has 2 aliphatic heterocycles. The van der Waals surface area contributed by atoms with Crippen molar-refractivity contribution in [3.63, 3.8) is 0 Å². The maximum atomic E-state index is 13.3. The van der Waals surface area contributed by atoms with Gasteiger partial charge in [-0.25, -0.2) is 9.78 Å². The van der Waals surface area contributed by atoms with Crippen LogP contribution in [0.5, 0.6) is 0 Å². The number of halogens is 1. The SMILES string of the molecule is C[C@@H]1C(=O)Nc2cc(Cl)ccc2C(=O)N1Cc1ccc(C(=O)Nc2ccc(N3CCN(C(=O)OC(C)(C)C)CC3)cn2)cc1. The van der Waals surface area contributed by atoms with Crippen molar-refractivity contribution >= 4 is 52.6 Å². The molecule has 12 heteroatoms. The van der Waals surface area contributed by atoms with Gasteiger partial charge in [-0.05, 0) is 75.7 Å². The number of hydrogen-bond donors (Lipinski definition) is 2. The second-order valence-corrected chi connectivity index (χ2v) is 12.2. The lowest BCUT2D eigenvalue weighted by Crippen LogP contribution is -2.50. The summed E-state index contributed by atoms with van der Waals surface area (Å²) in [6.07, 6.45) is 1.39. The van der Waals surface area contributed by atoms with Crippen LogP contribution in [-0.4, -0.2) is 76.4 Å². The Morgan fingerprint density at radius 3 is 2.36 bits per heavy atom. The molecular weight excluding hydrogens is 584 g/mol. The van der Waals surface area contributed by atoms with Gasteiger partial charge < -0.3 is 30.1 Å². The molecule has 0 spiro atoms. The number of nitrogens with one attached hydrogen (secondary N) is 2. The minimum Gasteiger partial charge on any atom is -0.444 e. The third-order valence-electron chi connectivity index (χ3n) is 7.43. The number of aromatic nitrogens is 1. The van der Waals surface area contributed by atoms with Crippen molar-refractivity contribution in [2.75, 3.05) is 41.7 Å². The molecule has 3 aromatic rings. The van der Waals surface area contributed by atoms with Crippen LogP contribution in [0.25, 0.3) is 0 Å². The number of hydrogen-bond acceptors (Lipinski definition) is 7. The molecule has 2 aliphatic rings. The van der Waals surface area contributed by atoms with Crippen LogP contribution in [-0.2, 0) is 16.1 Å². The highest BCUT2D eigenvalue weighted by atomic mass is 35.5. The van der Waals surface area contributed by atoms with E-state index in [-0.39, 0.29) is 30.4 Å². The van der Waals surface area contributed by atoms with Crippen molar-refractivity contribution in [1.29, 1.82) is 0 Å². The molecule has 0 radical (unpaired) electrons. The molecule has 5 rings (SSSR count). The standard InChI is InChI=1S/C32H35ClN6O5/c1-20-28(40)35-26-17-23(33)9-11-25(26)30(42)39(20)19-21-5-7-22(8-6-21)29(41)36-27-12-10-24(18-34-27)37-13-15-38(16-14-37)31(43)44-32(2,3)4/h5-12,17-18,20H,13-16,19H2,1-4H3,(H,35,40)(H,34,36,41)/t20-/m1/s1. The van der Waals surface area contributed by atoms with Crippen LogP contribution in [0.2, 0.25) is 5.02 Å². The predicted octanol–water partition coefficient (Wildman–Crippen LogP) is 5.03. The zero-order valence-electron chi connectivity index (χ0n) is 25.1. The number of amides is 4. The Balaban J connectivity index is 1.17. The van der Waals surface area contributed by atoms with Gasteiger partial charge in [0.15, 0.2) is 0 Å². The molecule has 0 saturated carbocycles. The zero-order valence-corrected chi connectivity index (χ0v) is 25.9. The normalized spacial score (nSPS) is 17.0. The minimum atomic E-state index is -0.709. The summed E-state index contributed by atoms with van der Waals surface area (Å²) in [5.41, 5.74) is 2.30.